The summed E-state index contributed by atoms with van der Waals surface area (Å²) in [7, 11) is 0. The third-order valence-electron chi connectivity index (χ3n) is 6.31. The Labute approximate surface area is 186 Å². The van der Waals surface area contributed by atoms with E-state index < -0.39 is 0 Å². The number of rotatable bonds is 4. The topological polar surface area (TPSA) is 76.9 Å². The summed E-state index contributed by atoms with van der Waals surface area (Å²) in [6.45, 7) is 10.8. The summed E-state index contributed by atoms with van der Waals surface area (Å²) in [5.41, 5.74) is 2.96. The van der Waals surface area contributed by atoms with Crippen LogP contribution >= 0.6 is 11.3 Å². The van der Waals surface area contributed by atoms with E-state index in [0.29, 0.717) is 16.1 Å². The van der Waals surface area contributed by atoms with Gasteiger partial charge in [0, 0.05) is 10.6 Å². The highest BCUT2D eigenvalue weighted by Crippen LogP contribution is 2.41. The minimum atomic E-state index is -0.277. The van der Waals surface area contributed by atoms with Crippen molar-refractivity contribution in [1.29, 1.82) is 0 Å². The molecule has 1 aliphatic rings. The van der Waals surface area contributed by atoms with Gasteiger partial charge >= 0.3 is 0 Å². The SMILES string of the molecule is CC(C)c1ccccc1NC(=O)Cn1nnc2sc3c(c2c1=O)CCC(C(C)(C)C)C3. The number of nitrogens with zero attached hydrogens (tertiary/aromatic N) is 3. The molecule has 0 spiro atoms. The fraction of sp³-hybridized carbons (Fsp3) is 0.500. The predicted molar refractivity (Wildman–Crippen MR) is 126 cm³/mol. The Morgan fingerprint density at radius 3 is 2.74 bits per heavy atom. The highest BCUT2D eigenvalue weighted by molar-refractivity contribution is 7.18. The molecule has 4 rings (SSSR count). The van der Waals surface area contributed by atoms with Crippen molar-refractivity contribution in [3.8, 4) is 0 Å². The second-order valence-corrected chi connectivity index (χ2v) is 10.9. The van der Waals surface area contributed by atoms with Crippen LogP contribution in [0.2, 0.25) is 0 Å². The Bertz CT molecular complexity index is 1190. The van der Waals surface area contributed by atoms with Crippen molar-refractivity contribution in [2.75, 3.05) is 5.32 Å². The van der Waals surface area contributed by atoms with Gasteiger partial charge in [0.25, 0.3) is 5.56 Å². The summed E-state index contributed by atoms with van der Waals surface area (Å²) in [6.07, 6.45) is 2.93. The van der Waals surface area contributed by atoms with Crippen molar-refractivity contribution >= 4 is 33.1 Å². The number of hydrogen-bond donors (Lipinski definition) is 1. The van der Waals surface area contributed by atoms with E-state index in [1.807, 2.05) is 24.3 Å². The molecule has 2 aromatic heterocycles. The molecule has 0 saturated heterocycles. The smallest absolute Gasteiger partial charge is 0.279 e. The third-order valence-corrected chi connectivity index (χ3v) is 7.45. The Balaban J connectivity index is 1.60. The molecule has 0 bridgehead atoms. The first-order valence-corrected chi connectivity index (χ1v) is 11.7. The molecular weight excluding hydrogens is 408 g/mol. The minimum absolute atomic E-state index is 0.149. The summed E-state index contributed by atoms with van der Waals surface area (Å²) in [5.74, 6) is 0.598. The summed E-state index contributed by atoms with van der Waals surface area (Å²) in [5, 5.41) is 11.9. The molecule has 31 heavy (non-hydrogen) atoms. The van der Waals surface area contributed by atoms with Crippen LogP contribution < -0.4 is 10.9 Å². The number of amides is 1. The van der Waals surface area contributed by atoms with Crippen molar-refractivity contribution in [2.24, 2.45) is 11.3 Å². The van der Waals surface area contributed by atoms with Gasteiger partial charge in [-0.1, -0.05) is 58.0 Å². The zero-order valence-corrected chi connectivity index (χ0v) is 19.7. The summed E-state index contributed by atoms with van der Waals surface area (Å²) in [6, 6.07) is 7.73. The number of nitrogens with one attached hydrogen (secondary N) is 1. The lowest BCUT2D eigenvalue weighted by atomic mass is 9.72. The quantitative estimate of drug-likeness (QED) is 0.637. The van der Waals surface area contributed by atoms with Crippen LogP contribution in [0.5, 0.6) is 0 Å². The van der Waals surface area contributed by atoms with Crippen molar-refractivity contribution < 1.29 is 4.79 Å². The van der Waals surface area contributed by atoms with Crippen LogP contribution in [0.3, 0.4) is 0 Å². The molecule has 2 heterocycles. The first-order valence-electron chi connectivity index (χ1n) is 10.9. The van der Waals surface area contributed by atoms with Crippen LogP contribution in [-0.2, 0) is 24.2 Å². The van der Waals surface area contributed by atoms with Gasteiger partial charge in [-0.05, 0) is 53.7 Å². The summed E-state index contributed by atoms with van der Waals surface area (Å²) < 4.78 is 1.19. The zero-order chi connectivity index (χ0) is 22.3. The standard InChI is InChI=1S/C24H30N4O2S/c1-14(2)16-8-6-7-9-18(16)25-20(29)13-28-23(30)21-17-11-10-15(24(3,4)5)12-19(17)31-22(21)26-27-28/h6-9,14-15H,10-13H2,1-5H3,(H,25,29). The van der Waals surface area contributed by atoms with Crippen LogP contribution in [0.25, 0.3) is 10.2 Å². The van der Waals surface area contributed by atoms with Crippen LogP contribution in [-0.4, -0.2) is 20.9 Å². The highest BCUT2D eigenvalue weighted by atomic mass is 32.1. The van der Waals surface area contributed by atoms with Crippen molar-refractivity contribution in [3.05, 3.63) is 50.6 Å². The van der Waals surface area contributed by atoms with Gasteiger partial charge in [-0.15, -0.1) is 16.4 Å². The van der Waals surface area contributed by atoms with E-state index in [2.05, 4.69) is 50.2 Å². The number of aryl methyl sites for hydroxylation is 1. The molecule has 1 atom stereocenters. The molecule has 1 aromatic carbocycles. The second-order valence-electron chi connectivity index (χ2n) is 9.83. The molecule has 0 radical (unpaired) electrons. The summed E-state index contributed by atoms with van der Waals surface area (Å²) in [4.78, 5) is 27.8. The number of benzene rings is 1. The molecule has 1 aliphatic carbocycles. The molecule has 6 nitrogen and oxygen atoms in total. The van der Waals surface area contributed by atoms with Gasteiger partial charge in [-0.25, -0.2) is 4.68 Å². The molecule has 1 N–H and O–H groups in total. The highest BCUT2D eigenvalue weighted by Gasteiger charge is 2.32. The molecule has 0 saturated carbocycles. The minimum Gasteiger partial charge on any atom is -0.324 e. The van der Waals surface area contributed by atoms with Gasteiger partial charge < -0.3 is 5.32 Å². The fourth-order valence-electron chi connectivity index (χ4n) is 4.41. The Kier molecular flexibility index (Phi) is 5.73. The lowest BCUT2D eigenvalue weighted by Gasteiger charge is -2.33. The van der Waals surface area contributed by atoms with Crippen molar-refractivity contribution in [2.45, 2.75) is 66.3 Å². The lowest BCUT2D eigenvalue weighted by Crippen LogP contribution is -2.31. The molecule has 1 unspecified atom stereocenters. The molecule has 0 aliphatic heterocycles. The largest absolute Gasteiger partial charge is 0.324 e. The third kappa shape index (κ3) is 4.28. The molecule has 7 heteroatoms. The van der Waals surface area contributed by atoms with E-state index >= 15 is 0 Å². The number of thiophene rings is 1. The lowest BCUT2D eigenvalue weighted by molar-refractivity contribution is -0.117. The zero-order valence-electron chi connectivity index (χ0n) is 18.9. The average molecular weight is 439 g/mol. The van der Waals surface area contributed by atoms with Gasteiger partial charge in [0.1, 0.15) is 6.54 Å². The van der Waals surface area contributed by atoms with Crippen molar-refractivity contribution in [1.82, 2.24) is 15.0 Å². The Morgan fingerprint density at radius 1 is 1.29 bits per heavy atom. The number of anilines is 1. The number of aromatic nitrogens is 3. The van der Waals surface area contributed by atoms with Crippen molar-refractivity contribution in [3.63, 3.8) is 0 Å². The van der Waals surface area contributed by atoms with Crippen LogP contribution in [0.15, 0.2) is 29.1 Å². The number of carbonyl (C=O) groups is 1. The number of hydrogen-bond acceptors (Lipinski definition) is 5. The van der Waals surface area contributed by atoms with E-state index in [9.17, 15) is 9.59 Å². The Hall–Kier alpha value is -2.54. The predicted octanol–water partition coefficient (Wildman–Crippen LogP) is 4.77. The fourth-order valence-corrected chi connectivity index (χ4v) is 5.64. The number of fused-ring (bicyclic) bond motifs is 3. The molecule has 164 valence electrons. The monoisotopic (exact) mass is 438 g/mol. The normalized spacial score (nSPS) is 16.5. The molecule has 1 amide bonds. The molecule has 0 fully saturated rings. The average Bonchev–Trinajstić information content (AvgIpc) is 3.08. The Morgan fingerprint density at radius 2 is 2.03 bits per heavy atom. The van der Waals surface area contributed by atoms with Gasteiger partial charge in [-0.3, -0.25) is 9.59 Å². The van der Waals surface area contributed by atoms with Crippen LogP contribution in [0, 0.1) is 11.3 Å². The number of para-hydroxylation sites is 1. The summed E-state index contributed by atoms with van der Waals surface area (Å²) >= 11 is 1.58. The first-order chi connectivity index (χ1) is 14.6. The van der Waals surface area contributed by atoms with E-state index in [-0.39, 0.29) is 29.3 Å². The number of carbonyl (C=O) groups excluding carboxylic acids is 1. The van der Waals surface area contributed by atoms with E-state index in [4.69, 9.17) is 0 Å². The molecule has 3 aromatic rings. The maximum atomic E-state index is 13.2. The van der Waals surface area contributed by atoms with E-state index in [1.165, 1.54) is 9.56 Å². The van der Waals surface area contributed by atoms with E-state index in [1.54, 1.807) is 11.3 Å². The van der Waals surface area contributed by atoms with E-state index in [0.717, 1.165) is 36.1 Å². The maximum Gasteiger partial charge on any atom is 0.279 e. The second kappa shape index (κ2) is 8.19. The van der Waals surface area contributed by atoms with Crippen LogP contribution in [0.4, 0.5) is 5.69 Å². The van der Waals surface area contributed by atoms with Gasteiger partial charge in [0.2, 0.25) is 5.91 Å². The van der Waals surface area contributed by atoms with Gasteiger partial charge in [0.05, 0.1) is 5.39 Å². The van der Waals surface area contributed by atoms with Gasteiger partial charge in [0.15, 0.2) is 4.83 Å². The maximum absolute atomic E-state index is 13.2. The molecular formula is C24H30N4O2S. The first kappa shape index (κ1) is 21.7. The van der Waals surface area contributed by atoms with Gasteiger partial charge in [-0.2, -0.15) is 0 Å². The van der Waals surface area contributed by atoms with Crippen LogP contribution in [0.1, 0.15) is 63.0 Å².